The second-order valence-corrected chi connectivity index (χ2v) is 4.55. The highest BCUT2D eigenvalue weighted by Gasteiger charge is 2.14. The summed E-state index contributed by atoms with van der Waals surface area (Å²) >= 11 is 0. The fourth-order valence-electron chi connectivity index (χ4n) is 1.99. The lowest BCUT2D eigenvalue weighted by atomic mass is 10.2. The third-order valence-corrected chi connectivity index (χ3v) is 3.08. The molecule has 0 saturated carbocycles. The number of carbonyl (C=O) groups excluding carboxylic acids is 1. The van der Waals surface area contributed by atoms with Crippen LogP contribution in [0.25, 0.3) is 0 Å². The van der Waals surface area contributed by atoms with Gasteiger partial charge in [-0.2, -0.15) is 0 Å². The Kier molecular flexibility index (Phi) is 3.61. The minimum Gasteiger partial charge on any atom is -0.454 e. The molecule has 2 aromatic rings. The lowest BCUT2D eigenvalue weighted by molar-refractivity contribution is 0.174. The Labute approximate surface area is 121 Å². The van der Waals surface area contributed by atoms with Gasteiger partial charge in [0, 0.05) is 24.0 Å². The monoisotopic (exact) mass is 285 g/mol. The maximum Gasteiger partial charge on any atom is 0.323 e. The number of benzene rings is 2. The number of carbonyl (C=O) groups is 1. The van der Waals surface area contributed by atoms with E-state index in [-0.39, 0.29) is 12.8 Å². The van der Waals surface area contributed by atoms with E-state index < -0.39 is 0 Å². The molecule has 108 valence electrons. The van der Waals surface area contributed by atoms with Gasteiger partial charge in [0.05, 0.1) is 0 Å². The first-order chi connectivity index (χ1) is 10.2. The van der Waals surface area contributed by atoms with E-state index in [1.165, 1.54) is 0 Å². The summed E-state index contributed by atoms with van der Waals surface area (Å²) in [5.74, 6) is 1.30. The van der Waals surface area contributed by atoms with Crippen LogP contribution in [0.3, 0.4) is 0 Å². The summed E-state index contributed by atoms with van der Waals surface area (Å²) in [4.78, 5) is 11.9. The second kappa shape index (κ2) is 5.72. The number of nitrogens with two attached hydrogens (primary N) is 1. The minimum atomic E-state index is -0.325. The van der Waals surface area contributed by atoms with Crippen LogP contribution >= 0.6 is 0 Å². The van der Waals surface area contributed by atoms with E-state index in [1.54, 1.807) is 30.3 Å². The third-order valence-electron chi connectivity index (χ3n) is 3.08. The Bertz CT molecular complexity index is 656. The molecule has 0 saturated heterocycles. The highest BCUT2D eigenvalue weighted by Crippen LogP contribution is 2.34. The van der Waals surface area contributed by atoms with Gasteiger partial charge in [-0.1, -0.05) is 12.1 Å². The first-order valence-corrected chi connectivity index (χ1v) is 6.51. The predicted octanol–water partition coefficient (Wildman–Crippen LogP) is 2.52. The number of rotatable bonds is 3. The first-order valence-electron chi connectivity index (χ1n) is 6.51. The molecule has 0 bridgehead atoms. The van der Waals surface area contributed by atoms with Gasteiger partial charge in [-0.3, -0.25) is 0 Å². The van der Waals surface area contributed by atoms with E-state index in [9.17, 15) is 4.79 Å². The molecule has 21 heavy (non-hydrogen) atoms. The van der Waals surface area contributed by atoms with Gasteiger partial charge in [0.25, 0.3) is 0 Å². The SMILES string of the molecule is NCc1ccc(NC(=O)Nc2ccc3c(c2)OCO3)cc1. The van der Waals surface area contributed by atoms with Crippen molar-refractivity contribution >= 4 is 17.4 Å². The van der Waals surface area contributed by atoms with E-state index in [0.29, 0.717) is 29.4 Å². The van der Waals surface area contributed by atoms with Crippen LogP contribution in [0.1, 0.15) is 5.56 Å². The summed E-state index contributed by atoms with van der Waals surface area (Å²) in [6.07, 6.45) is 0. The normalized spacial score (nSPS) is 12.0. The zero-order chi connectivity index (χ0) is 14.7. The molecule has 0 aliphatic carbocycles. The molecule has 2 amide bonds. The van der Waals surface area contributed by atoms with Gasteiger partial charge in [0.2, 0.25) is 6.79 Å². The number of hydrogen-bond acceptors (Lipinski definition) is 4. The molecular formula is C15H15N3O3. The Balaban J connectivity index is 1.63. The van der Waals surface area contributed by atoms with Crippen LogP contribution in [0.15, 0.2) is 42.5 Å². The Morgan fingerprint density at radius 2 is 1.67 bits per heavy atom. The maximum absolute atomic E-state index is 11.9. The number of anilines is 2. The molecule has 6 nitrogen and oxygen atoms in total. The summed E-state index contributed by atoms with van der Waals surface area (Å²) in [7, 11) is 0. The molecule has 0 spiro atoms. The number of amides is 2. The largest absolute Gasteiger partial charge is 0.454 e. The number of ether oxygens (including phenoxy) is 2. The quantitative estimate of drug-likeness (QED) is 0.809. The molecule has 2 aromatic carbocycles. The molecule has 0 radical (unpaired) electrons. The lowest BCUT2D eigenvalue weighted by Gasteiger charge is -2.08. The van der Waals surface area contributed by atoms with Gasteiger partial charge in [0.15, 0.2) is 11.5 Å². The molecule has 1 aliphatic rings. The van der Waals surface area contributed by atoms with E-state index in [2.05, 4.69) is 10.6 Å². The molecule has 3 rings (SSSR count). The van der Waals surface area contributed by atoms with Crippen molar-refractivity contribution in [3.63, 3.8) is 0 Å². The summed E-state index contributed by atoms with van der Waals surface area (Å²) < 4.78 is 10.5. The van der Waals surface area contributed by atoms with Crippen LogP contribution in [-0.2, 0) is 6.54 Å². The van der Waals surface area contributed by atoms with Gasteiger partial charge in [-0.15, -0.1) is 0 Å². The fraction of sp³-hybridized carbons (Fsp3) is 0.133. The van der Waals surface area contributed by atoms with Crippen molar-refractivity contribution in [2.75, 3.05) is 17.4 Å². The molecule has 1 heterocycles. The number of urea groups is 1. The highest BCUT2D eigenvalue weighted by atomic mass is 16.7. The predicted molar refractivity (Wildman–Crippen MR) is 79.5 cm³/mol. The van der Waals surface area contributed by atoms with Gasteiger partial charge in [-0.25, -0.2) is 4.79 Å². The third kappa shape index (κ3) is 3.06. The van der Waals surface area contributed by atoms with Crippen LogP contribution in [-0.4, -0.2) is 12.8 Å². The second-order valence-electron chi connectivity index (χ2n) is 4.55. The summed E-state index contributed by atoms with van der Waals surface area (Å²) in [5, 5.41) is 5.48. The van der Waals surface area contributed by atoms with E-state index in [0.717, 1.165) is 5.56 Å². The number of hydrogen-bond donors (Lipinski definition) is 3. The van der Waals surface area contributed by atoms with Crippen LogP contribution in [0.4, 0.5) is 16.2 Å². The molecule has 6 heteroatoms. The Hall–Kier alpha value is -2.73. The average molecular weight is 285 g/mol. The molecule has 4 N–H and O–H groups in total. The van der Waals surface area contributed by atoms with Crippen molar-refractivity contribution < 1.29 is 14.3 Å². The number of nitrogens with one attached hydrogen (secondary N) is 2. The maximum atomic E-state index is 11.9. The topological polar surface area (TPSA) is 85.6 Å². The van der Waals surface area contributed by atoms with E-state index in [1.807, 2.05) is 12.1 Å². The zero-order valence-electron chi connectivity index (χ0n) is 11.3. The minimum absolute atomic E-state index is 0.207. The van der Waals surface area contributed by atoms with Crippen LogP contribution in [0.5, 0.6) is 11.5 Å². The summed E-state index contributed by atoms with van der Waals surface area (Å²) in [6, 6.07) is 12.3. The highest BCUT2D eigenvalue weighted by molar-refractivity contribution is 5.99. The van der Waals surface area contributed by atoms with Gasteiger partial charge in [0.1, 0.15) is 0 Å². The van der Waals surface area contributed by atoms with Crippen LogP contribution < -0.4 is 25.8 Å². The molecule has 0 unspecified atom stereocenters. The zero-order valence-corrected chi connectivity index (χ0v) is 11.3. The number of fused-ring (bicyclic) bond motifs is 1. The first kappa shape index (κ1) is 13.3. The summed E-state index contributed by atoms with van der Waals surface area (Å²) in [5.41, 5.74) is 7.87. The van der Waals surface area contributed by atoms with Crippen LogP contribution in [0, 0.1) is 0 Å². The molecule has 0 fully saturated rings. The molecule has 0 atom stereocenters. The van der Waals surface area contributed by atoms with Gasteiger partial charge in [-0.05, 0) is 29.8 Å². The molecular weight excluding hydrogens is 270 g/mol. The van der Waals surface area contributed by atoms with Crippen molar-refractivity contribution in [3.05, 3.63) is 48.0 Å². The summed E-state index contributed by atoms with van der Waals surface area (Å²) in [6.45, 7) is 0.683. The molecule has 0 aromatic heterocycles. The van der Waals surface area contributed by atoms with Crippen LogP contribution in [0.2, 0.25) is 0 Å². The Morgan fingerprint density at radius 3 is 2.43 bits per heavy atom. The van der Waals surface area contributed by atoms with Crippen molar-refractivity contribution in [2.45, 2.75) is 6.54 Å². The smallest absolute Gasteiger partial charge is 0.323 e. The standard InChI is InChI=1S/C15H15N3O3/c16-8-10-1-3-11(4-2-10)17-15(19)18-12-5-6-13-14(7-12)21-9-20-13/h1-7H,8-9,16H2,(H2,17,18,19). The Morgan fingerprint density at radius 1 is 1.00 bits per heavy atom. The fourth-order valence-corrected chi connectivity index (χ4v) is 1.99. The van der Waals surface area contributed by atoms with E-state index >= 15 is 0 Å². The van der Waals surface area contributed by atoms with Gasteiger partial charge < -0.3 is 25.8 Å². The van der Waals surface area contributed by atoms with Crippen molar-refractivity contribution in [3.8, 4) is 11.5 Å². The lowest BCUT2D eigenvalue weighted by Crippen LogP contribution is -2.19. The van der Waals surface area contributed by atoms with Crippen molar-refractivity contribution in [1.29, 1.82) is 0 Å². The van der Waals surface area contributed by atoms with Crippen molar-refractivity contribution in [1.82, 2.24) is 0 Å². The van der Waals surface area contributed by atoms with Crippen molar-refractivity contribution in [2.24, 2.45) is 5.73 Å². The molecule has 1 aliphatic heterocycles. The van der Waals surface area contributed by atoms with Gasteiger partial charge >= 0.3 is 6.03 Å². The average Bonchev–Trinajstić information content (AvgIpc) is 2.95. The van der Waals surface area contributed by atoms with E-state index in [4.69, 9.17) is 15.2 Å².